The van der Waals surface area contributed by atoms with Crippen LogP contribution in [0.4, 0.5) is 11.4 Å². The summed E-state index contributed by atoms with van der Waals surface area (Å²) in [5.41, 5.74) is 7.01. The van der Waals surface area contributed by atoms with Gasteiger partial charge < -0.3 is 16.4 Å². The van der Waals surface area contributed by atoms with Crippen molar-refractivity contribution in [2.24, 2.45) is 17.1 Å². The molecule has 5 heteroatoms. The van der Waals surface area contributed by atoms with Gasteiger partial charge in [0.15, 0.2) is 0 Å². The Labute approximate surface area is 144 Å². The third-order valence-corrected chi connectivity index (χ3v) is 4.59. The second-order valence-electron chi connectivity index (χ2n) is 7.74. The van der Waals surface area contributed by atoms with Crippen molar-refractivity contribution in [1.29, 1.82) is 0 Å². The van der Waals surface area contributed by atoms with Crippen molar-refractivity contribution in [3.05, 3.63) is 24.3 Å². The second kappa shape index (κ2) is 7.79. The highest BCUT2D eigenvalue weighted by Gasteiger charge is 2.27. The summed E-state index contributed by atoms with van der Waals surface area (Å²) in [7, 11) is 0. The number of carbonyl (C=O) groups is 2. The van der Waals surface area contributed by atoms with Crippen molar-refractivity contribution in [2.45, 2.75) is 58.9 Å². The minimum Gasteiger partial charge on any atom is -0.326 e. The molecule has 1 atom stereocenters. The molecule has 1 fully saturated rings. The lowest BCUT2D eigenvalue weighted by atomic mass is 9.87. The first kappa shape index (κ1) is 18.5. The largest absolute Gasteiger partial charge is 0.326 e. The van der Waals surface area contributed by atoms with Gasteiger partial charge in [0.25, 0.3) is 0 Å². The first-order chi connectivity index (χ1) is 11.3. The van der Waals surface area contributed by atoms with Crippen LogP contribution >= 0.6 is 0 Å². The van der Waals surface area contributed by atoms with Crippen molar-refractivity contribution in [1.82, 2.24) is 0 Å². The molecular formula is C19H29N3O2. The second-order valence-corrected chi connectivity index (χ2v) is 7.74. The number of nitrogens with one attached hydrogen (secondary N) is 2. The zero-order valence-corrected chi connectivity index (χ0v) is 14.9. The molecule has 2 rings (SSSR count). The fraction of sp³-hybridized carbons (Fsp3) is 0.579. The quantitative estimate of drug-likeness (QED) is 0.789. The van der Waals surface area contributed by atoms with E-state index in [1.165, 1.54) is 6.42 Å². The molecule has 0 heterocycles. The number of nitrogens with two attached hydrogens (primary N) is 1. The molecule has 5 nitrogen and oxygen atoms in total. The Hall–Kier alpha value is -1.88. The Kier molecular flexibility index (Phi) is 5.99. The average Bonchev–Trinajstić information content (AvgIpc) is 2.54. The Morgan fingerprint density at radius 2 is 1.67 bits per heavy atom. The van der Waals surface area contributed by atoms with Gasteiger partial charge in [-0.2, -0.15) is 0 Å². The van der Waals surface area contributed by atoms with Crippen molar-refractivity contribution >= 4 is 23.2 Å². The van der Waals surface area contributed by atoms with E-state index in [1.807, 2.05) is 32.9 Å². The standard InChI is InChI=1S/C19H29N3O2/c1-19(2,3)16(20)18(24)22-15-11-7-10-14(12-15)21-17(23)13-8-5-4-6-9-13/h7,10-13,16H,4-6,8-9,20H2,1-3H3,(H,21,23)(H,22,24)/t16-/m1/s1. The Morgan fingerprint density at radius 3 is 2.25 bits per heavy atom. The normalized spacial score (nSPS) is 17.2. The average molecular weight is 331 g/mol. The summed E-state index contributed by atoms with van der Waals surface area (Å²) < 4.78 is 0. The molecule has 0 spiro atoms. The smallest absolute Gasteiger partial charge is 0.241 e. The predicted molar refractivity (Wildman–Crippen MR) is 97.7 cm³/mol. The van der Waals surface area contributed by atoms with E-state index in [0.717, 1.165) is 25.7 Å². The van der Waals surface area contributed by atoms with Gasteiger partial charge in [-0.15, -0.1) is 0 Å². The lowest BCUT2D eigenvalue weighted by molar-refractivity contribution is -0.121. The van der Waals surface area contributed by atoms with Gasteiger partial charge in [-0.05, 0) is 36.5 Å². The molecule has 4 N–H and O–H groups in total. The van der Waals surface area contributed by atoms with Crippen molar-refractivity contribution < 1.29 is 9.59 Å². The Morgan fingerprint density at radius 1 is 1.08 bits per heavy atom. The minimum atomic E-state index is -0.599. The number of hydrogen-bond acceptors (Lipinski definition) is 3. The summed E-state index contributed by atoms with van der Waals surface area (Å²) >= 11 is 0. The minimum absolute atomic E-state index is 0.0737. The molecule has 0 aliphatic heterocycles. The van der Waals surface area contributed by atoms with Crippen LogP contribution in [-0.4, -0.2) is 17.9 Å². The van der Waals surface area contributed by atoms with Gasteiger partial charge >= 0.3 is 0 Å². The summed E-state index contributed by atoms with van der Waals surface area (Å²) in [6, 6.07) is 6.62. The fourth-order valence-electron chi connectivity index (χ4n) is 2.90. The molecule has 0 saturated heterocycles. The number of hydrogen-bond donors (Lipinski definition) is 3. The predicted octanol–water partition coefficient (Wildman–Crippen LogP) is 3.52. The Bertz CT molecular complexity index is 587. The highest BCUT2D eigenvalue weighted by Crippen LogP contribution is 2.26. The molecule has 1 aliphatic rings. The van der Waals surface area contributed by atoms with Crippen LogP contribution in [0.3, 0.4) is 0 Å². The summed E-state index contributed by atoms with van der Waals surface area (Å²) in [5, 5.41) is 5.79. The third kappa shape index (κ3) is 5.06. The van der Waals surface area contributed by atoms with E-state index in [1.54, 1.807) is 12.1 Å². The van der Waals surface area contributed by atoms with Gasteiger partial charge in [0.1, 0.15) is 0 Å². The number of anilines is 2. The molecule has 0 bridgehead atoms. The van der Waals surface area contributed by atoms with Crippen LogP contribution < -0.4 is 16.4 Å². The molecule has 0 unspecified atom stereocenters. The molecule has 1 saturated carbocycles. The highest BCUT2D eigenvalue weighted by atomic mass is 16.2. The van der Waals surface area contributed by atoms with Gasteiger partial charge in [0.05, 0.1) is 6.04 Å². The Balaban J connectivity index is 1.98. The SMILES string of the molecule is CC(C)(C)[C@H](N)C(=O)Nc1cccc(NC(=O)C2CCCCC2)c1. The van der Waals surface area contributed by atoms with Crippen LogP contribution in [-0.2, 0) is 9.59 Å². The summed E-state index contributed by atoms with van der Waals surface area (Å²) in [6.45, 7) is 5.79. The van der Waals surface area contributed by atoms with E-state index in [-0.39, 0.29) is 23.1 Å². The lowest BCUT2D eigenvalue weighted by Gasteiger charge is -2.26. The molecule has 1 aromatic carbocycles. The zero-order valence-electron chi connectivity index (χ0n) is 14.9. The maximum absolute atomic E-state index is 12.3. The van der Waals surface area contributed by atoms with Crippen LogP contribution in [0.2, 0.25) is 0 Å². The van der Waals surface area contributed by atoms with E-state index in [9.17, 15) is 9.59 Å². The zero-order chi connectivity index (χ0) is 17.7. The number of benzene rings is 1. The number of carbonyl (C=O) groups excluding carboxylic acids is 2. The van der Waals surface area contributed by atoms with Crippen molar-refractivity contribution in [2.75, 3.05) is 10.6 Å². The van der Waals surface area contributed by atoms with Crippen LogP contribution in [0.5, 0.6) is 0 Å². The summed E-state index contributed by atoms with van der Waals surface area (Å²) in [6.07, 6.45) is 5.39. The number of rotatable bonds is 4. The van der Waals surface area contributed by atoms with Gasteiger partial charge in [-0.1, -0.05) is 46.1 Å². The van der Waals surface area contributed by atoms with Crippen LogP contribution in [0, 0.1) is 11.3 Å². The van der Waals surface area contributed by atoms with E-state index in [2.05, 4.69) is 10.6 Å². The van der Waals surface area contributed by atoms with Crippen LogP contribution in [0.15, 0.2) is 24.3 Å². The fourth-order valence-corrected chi connectivity index (χ4v) is 2.90. The van der Waals surface area contributed by atoms with Crippen molar-refractivity contribution in [3.63, 3.8) is 0 Å². The molecule has 1 aliphatic carbocycles. The molecular weight excluding hydrogens is 302 g/mol. The first-order valence-corrected chi connectivity index (χ1v) is 8.75. The van der Waals surface area contributed by atoms with E-state index in [0.29, 0.717) is 11.4 Å². The molecule has 0 aromatic heterocycles. The van der Waals surface area contributed by atoms with Crippen LogP contribution in [0.25, 0.3) is 0 Å². The van der Waals surface area contributed by atoms with Crippen LogP contribution in [0.1, 0.15) is 52.9 Å². The molecule has 24 heavy (non-hydrogen) atoms. The molecule has 2 amide bonds. The summed E-state index contributed by atoms with van der Waals surface area (Å²) in [5.74, 6) is -0.0471. The third-order valence-electron chi connectivity index (χ3n) is 4.59. The summed E-state index contributed by atoms with van der Waals surface area (Å²) in [4.78, 5) is 24.5. The topological polar surface area (TPSA) is 84.2 Å². The number of amides is 2. The van der Waals surface area contributed by atoms with E-state index < -0.39 is 6.04 Å². The van der Waals surface area contributed by atoms with Gasteiger partial charge in [0, 0.05) is 17.3 Å². The van der Waals surface area contributed by atoms with Gasteiger partial charge in [-0.25, -0.2) is 0 Å². The maximum Gasteiger partial charge on any atom is 0.241 e. The highest BCUT2D eigenvalue weighted by molar-refractivity contribution is 5.97. The maximum atomic E-state index is 12.3. The van der Waals surface area contributed by atoms with E-state index in [4.69, 9.17) is 5.73 Å². The van der Waals surface area contributed by atoms with E-state index >= 15 is 0 Å². The molecule has 132 valence electrons. The lowest BCUT2D eigenvalue weighted by Crippen LogP contribution is -2.45. The van der Waals surface area contributed by atoms with Crippen molar-refractivity contribution in [3.8, 4) is 0 Å². The monoisotopic (exact) mass is 331 g/mol. The molecule has 0 radical (unpaired) electrons. The van der Waals surface area contributed by atoms with Gasteiger partial charge in [0.2, 0.25) is 11.8 Å². The first-order valence-electron chi connectivity index (χ1n) is 8.75. The molecule has 1 aromatic rings. The van der Waals surface area contributed by atoms with Gasteiger partial charge in [-0.3, -0.25) is 9.59 Å².